The third-order valence-corrected chi connectivity index (χ3v) is 4.74. The van der Waals surface area contributed by atoms with Crippen molar-refractivity contribution in [1.29, 1.82) is 0 Å². The zero-order valence-electron chi connectivity index (χ0n) is 16.1. The van der Waals surface area contributed by atoms with Crippen LogP contribution in [0, 0.1) is 0 Å². The Morgan fingerprint density at radius 1 is 1.17 bits per heavy atom. The van der Waals surface area contributed by atoms with E-state index < -0.39 is 36.6 Å². The van der Waals surface area contributed by atoms with E-state index in [1.165, 1.54) is 18.2 Å². The molecule has 0 spiro atoms. The number of nitrogens with zero attached hydrogens (tertiary/aromatic N) is 2. The largest absolute Gasteiger partial charge is 0.489 e. The van der Waals surface area contributed by atoms with Crippen molar-refractivity contribution in [3.8, 4) is 5.75 Å². The van der Waals surface area contributed by atoms with Crippen molar-refractivity contribution in [2.75, 3.05) is 0 Å². The molecule has 3 rings (SSSR count). The van der Waals surface area contributed by atoms with E-state index in [4.69, 9.17) is 4.74 Å². The Bertz CT molecular complexity index is 934. The summed E-state index contributed by atoms with van der Waals surface area (Å²) in [4.78, 5) is 12.7. The Balaban J connectivity index is 1.77. The molecule has 1 heterocycles. The molecule has 9 heteroatoms. The molecule has 0 saturated carbocycles. The Kier molecular flexibility index (Phi) is 6.40. The monoisotopic (exact) mass is 424 g/mol. The standard InChI is InChI=1S/C21H20F4N2O3/c1-2-13-6-8-16(9-7-13)30-12-14-4-3-5-15(10-14)19(28)27-21(29,20(24)25)11-17(26-27)18(22)23/h3-10,18,20,29H,2,11-12H2,1H3. The first-order chi connectivity index (χ1) is 14.2. The van der Waals surface area contributed by atoms with Crippen LogP contribution >= 0.6 is 0 Å². The minimum Gasteiger partial charge on any atom is -0.489 e. The molecule has 1 amide bonds. The average Bonchev–Trinajstić information content (AvgIpc) is 3.11. The van der Waals surface area contributed by atoms with Crippen molar-refractivity contribution in [2.24, 2.45) is 5.10 Å². The summed E-state index contributed by atoms with van der Waals surface area (Å²) < 4.78 is 58.2. The van der Waals surface area contributed by atoms with Crippen LogP contribution in [-0.4, -0.2) is 40.3 Å². The number of rotatable bonds is 7. The molecule has 1 aliphatic heterocycles. The van der Waals surface area contributed by atoms with E-state index in [0.717, 1.165) is 12.0 Å². The van der Waals surface area contributed by atoms with Gasteiger partial charge in [0.15, 0.2) is 0 Å². The maximum absolute atomic E-state index is 13.3. The summed E-state index contributed by atoms with van der Waals surface area (Å²) in [5, 5.41) is 13.4. The lowest BCUT2D eigenvalue weighted by Crippen LogP contribution is -2.51. The van der Waals surface area contributed by atoms with Gasteiger partial charge in [0, 0.05) is 12.0 Å². The first-order valence-corrected chi connectivity index (χ1v) is 9.26. The van der Waals surface area contributed by atoms with Crippen molar-refractivity contribution in [2.45, 2.75) is 44.9 Å². The van der Waals surface area contributed by atoms with Gasteiger partial charge in [-0.3, -0.25) is 4.79 Å². The Morgan fingerprint density at radius 2 is 1.87 bits per heavy atom. The lowest BCUT2D eigenvalue weighted by atomic mass is 10.1. The smallest absolute Gasteiger partial charge is 0.287 e. The molecule has 5 nitrogen and oxygen atoms in total. The Hall–Kier alpha value is -2.94. The fourth-order valence-corrected chi connectivity index (χ4v) is 3.01. The number of aliphatic hydroxyl groups is 1. The normalized spacial score (nSPS) is 18.8. The van der Waals surface area contributed by atoms with Crippen LogP contribution in [0.3, 0.4) is 0 Å². The summed E-state index contributed by atoms with van der Waals surface area (Å²) in [7, 11) is 0. The number of carbonyl (C=O) groups excluding carboxylic acids is 1. The van der Waals surface area contributed by atoms with Crippen LogP contribution in [0.25, 0.3) is 0 Å². The SMILES string of the molecule is CCc1ccc(OCc2cccc(C(=O)N3N=C(C(F)F)CC3(O)C(F)F)c2)cc1. The summed E-state index contributed by atoms with van der Waals surface area (Å²) in [6.45, 7) is 2.12. The molecule has 0 aromatic heterocycles. The van der Waals surface area contributed by atoms with Crippen LogP contribution in [0.4, 0.5) is 17.6 Å². The van der Waals surface area contributed by atoms with Crippen molar-refractivity contribution < 1.29 is 32.2 Å². The van der Waals surface area contributed by atoms with Gasteiger partial charge in [-0.15, -0.1) is 0 Å². The topological polar surface area (TPSA) is 62.1 Å². The van der Waals surface area contributed by atoms with Crippen LogP contribution in [-0.2, 0) is 13.0 Å². The van der Waals surface area contributed by atoms with Gasteiger partial charge in [0.1, 0.15) is 18.1 Å². The molecule has 1 unspecified atom stereocenters. The maximum atomic E-state index is 13.3. The number of benzene rings is 2. The molecule has 160 valence electrons. The third kappa shape index (κ3) is 4.46. The Labute approximate surface area is 170 Å². The number of amides is 1. The Morgan fingerprint density at radius 3 is 2.47 bits per heavy atom. The van der Waals surface area contributed by atoms with Crippen molar-refractivity contribution in [3.63, 3.8) is 0 Å². The molecule has 0 radical (unpaired) electrons. The zero-order chi connectivity index (χ0) is 21.9. The lowest BCUT2D eigenvalue weighted by Gasteiger charge is -2.30. The van der Waals surface area contributed by atoms with Gasteiger partial charge in [-0.1, -0.05) is 31.2 Å². The number of hydrazone groups is 1. The maximum Gasteiger partial charge on any atom is 0.287 e. The van der Waals surface area contributed by atoms with Crippen molar-refractivity contribution in [3.05, 3.63) is 65.2 Å². The second-order valence-electron chi connectivity index (χ2n) is 6.85. The van der Waals surface area contributed by atoms with E-state index in [1.54, 1.807) is 18.2 Å². The number of halogens is 4. The van der Waals surface area contributed by atoms with Crippen LogP contribution in [0.2, 0.25) is 0 Å². The van der Waals surface area contributed by atoms with E-state index in [9.17, 15) is 27.5 Å². The predicted molar refractivity (Wildman–Crippen MR) is 102 cm³/mol. The summed E-state index contributed by atoms with van der Waals surface area (Å²) in [6.07, 6.45) is -6.86. The first-order valence-electron chi connectivity index (χ1n) is 9.26. The number of aryl methyl sites for hydroxylation is 1. The summed E-state index contributed by atoms with van der Waals surface area (Å²) in [5.74, 6) is -0.496. The number of alkyl halides is 4. The molecule has 2 aromatic carbocycles. The molecule has 2 aromatic rings. The first kappa shape index (κ1) is 21.8. The van der Waals surface area contributed by atoms with E-state index in [2.05, 4.69) is 5.10 Å². The summed E-state index contributed by atoms with van der Waals surface area (Å²) >= 11 is 0. The van der Waals surface area contributed by atoms with Gasteiger partial charge in [-0.25, -0.2) is 17.6 Å². The van der Waals surface area contributed by atoms with Crippen molar-refractivity contribution >= 4 is 11.6 Å². The molecule has 0 bridgehead atoms. The fourth-order valence-electron chi connectivity index (χ4n) is 3.01. The predicted octanol–water partition coefficient (Wildman–Crippen LogP) is 4.25. The van der Waals surface area contributed by atoms with E-state index in [1.807, 2.05) is 19.1 Å². The molecule has 1 atom stereocenters. The molecule has 1 aliphatic rings. The summed E-state index contributed by atoms with van der Waals surface area (Å²) in [6, 6.07) is 13.3. The second-order valence-corrected chi connectivity index (χ2v) is 6.85. The minimum absolute atomic E-state index is 0.0442. The molecular formula is C21H20F4N2O3. The number of hydrogen-bond acceptors (Lipinski definition) is 4. The average molecular weight is 424 g/mol. The number of ether oxygens (including phenoxy) is 1. The third-order valence-electron chi connectivity index (χ3n) is 4.74. The molecule has 30 heavy (non-hydrogen) atoms. The summed E-state index contributed by atoms with van der Waals surface area (Å²) in [5.41, 5.74) is -2.47. The van der Waals surface area contributed by atoms with Gasteiger partial charge < -0.3 is 9.84 Å². The van der Waals surface area contributed by atoms with Gasteiger partial charge in [-0.05, 0) is 41.8 Å². The van der Waals surface area contributed by atoms with E-state index in [0.29, 0.717) is 11.3 Å². The number of carbonyl (C=O) groups is 1. The van der Waals surface area contributed by atoms with E-state index >= 15 is 0 Å². The van der Waals surface area contributed by atoms with Gasteiger partial charge in [0.2, 0.25) is 5.72 Å². The highest BCUT2D eigenvalue weighted by molar-refractivity contribution is 5.99. The van der Waals surface area contributed by atoms with Gasteiger partial charge in [0.05, 0.1) is 0 Å². The number of hydrogen-bond donors (Lipinski definition) is 1. The van der Waals surface area contributed by atoms with Gasteiger partial charge >= 0.3 is 0 Å². The van der Waals surface area contributed by atoms with Gasteiger partial charge in [-0.2, -0.15) is 10.1 Å². The minimum atomic E-state index is -3.47. The van der Waals surface area contributed by atoms with E-state index in [-0.39, 0.29) is 17.2 Å². The van der Waals surface area contributed by atoms with Gasteiger partial charge in [0.25, 0.3) is 18.8 Å². The van der Waals surface area contributed by atoms with Crippen LogP contribution < -0.4 is 4.74 Å². The highest BCUT2D eigenvalue weighted by Crippen LogP contribution is 2.34. The van der Waals surface area contributed by atoms with Crippen LogP contribution in [0.1, 0.15) is 34.8 Å². The van der Waals surface area contributed by atoms with Crippen LogP contribution in [0.5, 0.6) is 5.75 Å². The molecule has 0 saturated heterocycles. The molecule has 1 N–H and O–H groups in total. The van der Waals surface area contributed by atoms with Crippen molar-refractivity contribution in [1.82, 2.24) is 5.01 Å². The second kappa shape index (κ2) is 8.83. The van der Waals surface area contributed by atoms with Crippen LogP contribution in [0.15, 0.2) is 53.6 Å². The quantitative estimate of drug-likeness (QED) is 0.676. The lowest BCUT2D eigenvalue weighted by molar-refractivity contribution is -0.164. The highest BCUT2D eigenvalue weighted by Gasteiger charge is 2.53. The fraction of sp³-hybridized carbons (Fsp3) is 0.333. The molecule has 0 fully saturated rings. The zero-order valence-corrected chi connectivity index (χ0v) is 16.1. The molecular weight excluding hydrogens is 404 g/mol. The molecule has 0 aliphatic carbocycles. The highest BCUT2D eigenvalue weighted by atomic mass is 19.3.